The molecule has 1 amide bonds. The van der Waals surface area contributed by atoms with Gasteiger partial charge in [0.1, 0.15) is 11.6 Å². The first-order chi connectivity index (χ1) is 16.3. The van der Waals surface area contributed by atoms with Crippen molar-refractivity contribution in [1.82, 2.24) is 20.2 Å². The van der Waals surface area contributed by atoms with Gasteiger partial charge in [0.15, 0.2) is 5.65 Å². The zero-order valence-electron chi connectivity index (χ0n) is 21.3. The second-order valence-corrected chi connectivity index (χ2v) is 10.5. The number of esters is 1. The van der Waals surface area contributed by atoms with Crippen LogP contribution < -0.4 is 10.6 Å². The summed E-state index contributed by atoms with van der Waals surface area (Å²) in [5.74, 6) is -0.918. The molecule has 2 heterocycles. The number of rotatable bonds is 7. The summed E-state index contributed by atoms with van der Waals surface area (Å²) in [7, 11) is 1.25. The Morgan fingerprint density at radius 3 is 2.43 bits per heavy atom. The SMILES string of the molecule is COC(=O)c1cn(C(=O)OC(C)(C)C)c2nccc(CNC(C(=O)NC3CCCC3)C(C)(C)O)c12. The summed E-state index contributed by atoms with van der Waals surface area (Å²) in [4.78, 5) is 42.7. The van der Waals surface area contributed by atoms with Crippen LogP contribution in [-0.4, -0.2) is 63.0 Å². The smallest absolute Gasteiger partial charge is 0.420 e. The number of ether oxygens (including phenoxy) is 2. The highest BCUT2D eigenvalue weighted by Gasteiger charge is 2.35. The van der Waals surface area contributed by atoms with E-state index in [1.165, 1.54) is 24.1 Å². The highest BCUT2D eigenvalue weighted by molar-refractivity contribution is 6.06. The van der Waals surface area contributed by atoms with Crippen LogP contribution in [0.15, 0.2) is 18.5 Å². The molecule has 1 aliphatic rings. The Hall–Kier alpha value is -2.98. The first kappa shape index (κ1) is 26.6. The Bertz CT molecular complexity index is 1090. The lowest BCUT2D eigenvalue weighted by Gasteiger charge is -2.30. The van der Waals surface area contributed by atoms with Crippen molar-refractivity contribution in [3.05, 3.63) is 29.6 Å². The average molecular weight is 489 g/mol. The number of amides is 1. The van der Waals surface area contributed by atoms with Crippen molar-refractivity contribution in [3.63, 3.8) is 0 Å². The molecule has 10 nitrogen and oxygen atoms in total. The number of hydrogen-bond acceptors (Lipinski definition) is 8. The van der Waals surface area contributed by atoms with E-state index in [0.717, 1.165) is 25.7 Å². The van der Waals surface area contributed by atoms with Gasteiger partial charge in [-0.15, -0.1) is 0 Å². The quantitative estimate of drug-likeness (QED) is 0.507. The van der Waals surface area contributed by atoms with E-state index < -0.39 is 29.3 Å². The van der Waals surface area contributed by atoms with Crippen LogP contribution >= 0.6 is 0 Å². The fourth-order valence-corrected chi connectivity index (χ4v) is 4.31. The van der Waals surface area contributed by atoms with Gasteiger partial charge >= 0.3 is 12.1 Å². The molecule has 35 heavy (non-hydrogen) atoms. The summed E-state index contributed by atoms with van der Waals surface area (Å²) in [5.41, 5.74) is -1.10. The Kier molecular flexibility index (Phi) is 7.86. The maximum Gasteiger partial charge on any atom is 0.420 e. The normalized spacial score (nSPS) is 15.7. The predicted octanol–water partition coefficient (Wildman–Crippen LogP) is 2.89. The number of fused-ring (bicyclic) bond motifs is 1. The van der Waals surface area contributed by atoms with Gasteiger partial charge < -0.3 is 19.9 Å². The molecular formula is C25H36N4O6. The predicted molar refractivity (Wildman–Crippen MR) is 130 cm³/mol. The second kappa shape index (κ2) is 10.3. The molecule has 2 aromatic rings. The van der Waals surface area contributed by atoms with Crippen molar-refractivity contribution in [2.45, 2.75) is 90.1 Å². The fraction of sp³-hybridized carbons (Fsp3) is 0.600. The molecule has 1 atom stereocenters. The average Bonchev–Trinajstić information content (AvgIpc) is 3.39. The third-order valence-corrected chi connectivity index (χ3v) is 5.94. The van der Waals surface area contributed by atoms with Crippen LogP contribution in [0.1, 0.15) is 76.2 Å². The summed E-state index contributed by atoms with van der Waals surface area (Å²) in [5, 5.41) is 17.3. The van der Waals surface area contributed by atoms with Crippen LogP contribution in [0.2, 0.25) is 0 Å². The fourth-order valence-electron chi connectivity index (χ4n) is 4.31. The lowest BCUT2D eigenvalue weighted by atomic mass is 9.97. The van der Waals surface area contributed by atoms with E-state index in [1.807, 2.05) is 0 Å². The maximum absolute atomic E-state index is 13.0. The minimum absolute atomic E-state index is 0.107. The first-order valence-corrected chi connectivity index (χ1v) is 11.9. The minimum Gasteiger partial charge on any atom is -0.465 e. The molecule has 0 saturated heterocycles. The molecule has 1 saturated carbocycles. The van der Waals surface area contributed by atoms with Crippen molar-refractivity contribution < 1.29 is 29.0 Å². The summed E-state index contributed by atoms with van der Waals surface area (Å²) >= 11 is 0. The number of aliphatic hydroxyl groups is 1. The van der Waals surface area contributed by atoms with E-state index in [2.05, 4.69) is 15.6 Å². The monoisotopic (exact) mass is 488 g/mol. The molecule has 0 aromatic carbocycles. The lowest BCUT2D eigenvalue weighted by Crippen LogP contribution is -2.57. The van der Waals surface area contributed by atoms with Crippen molar-refractivity contribution in [1.29, 1.82) is 0 Å². The van der Waals surface area contributed by atoms with Crippen LogP contribution in [0.4, 0.5) is 4.79 Å². The van der Waals surface area contributed by atoms with E-state index in [1.54, 1.807) is 40.7 Å². The Labute approximate surface area is 205 Å². The van der Waals surface area contributed by atoms with Gasteiger partial charge in [-0.1, -0.05) is 12.8 Å². The molecule has 0 aliphatic heterocycles. The van der Waals surface area contributed by atoms with Crippen molar-refractivity contribution in [2.24, 2.45) is 0 Å². The summed E-state index contributed by atoms with van der Waals surface area (Å²) in [6.45, 7) is 8.50. The number of carbonyl (C=O) groups excluding carboxylic acids is 3. The molecule has 0 radical (unpaired) electrons. The van der Waals surface area contributed by atoms with Crippen LogP contribution in [0.5, 0.6) is 0 Å². The van der Waals surface area contributed by atoms with E-state index in [-0.39, 0.29) is 29.7 Å². The van der Waals surface area contributed by atoms with Gasteiger partial charge in [-0.25, -0.2) is 19.1 Å². The van der Waals surface area contributed by atoms with Crippen molar-refractivity contribution in [2.75, 3.05) is 7.11 Å². The van der Waals surface area contributed by atoms with Gasteiger partial charge in [0.25, 0.3) is 0 Å². The molecule has 2 aromatic heterocycles. The topological polar surface area (TPSA) is 132 Å². The first-order valence-electron chi connectivity index (χ1n) is 11.9. The zero-order chi connectivity index (χ0) is 26.0. The number of pyridine rings is 1. The summed E-state index contributed by atoms with van der Waals surface area (Å²) < 4.78 is 11.6. The molecule has 3 N–H and O–H groups in total. The van der Waals surface area contributed by atoms with Gasteiger partial charge in [-0.3, -0.25) is 10.1 Å². The third-order valence-electron chi connectivity index (χ3n) is 5.94. The zero-order valence-corrected chi connectivity index (χ0v) is 21.3. The Balaban J connectivity index is 1.94. The van der Waals surface area contributed by atoms with Gasteiger partial charge in [0.05, 0.1) is 18.3 Å². The molecule has 192 valence electrons. The van der Waals surface area contributed by atoms with Gasteiger partial charge in [-0.05, 0) is 59.1 Å². The van der Waals surface area contributed by atoms with Crippen LogP contribution in [0.25, 0.3) is 11.0 Å². The van der Waals surface area contributed by atoms with Crippen molar-refractivity contribution >= 4 is 29.0 Å². The number of nitrogens with zero attached hydrogens (tertiary/aromatic N) is 2. The third kappa shape index (κ3) is 6.37. The molecule has 0 spiro atoms. The van der Waals surface area contributed by atoms with E-state index in [0.29, 0.717) is 10.9 Å². The van der Waals surface area contributed by atoms with Crippen LogP contribution in [-0.2, 0) is 20.8 Å². The van der Waals surface area contributed by atoms with Crippen LogP contribution in [0.3, 0.4) is 0 Å². The number of methoxy groups -OCH3 is 1. The molecular weight excluding hydrogens is 452 g/mol. The summed E-state index contributed by atoms with van der Waals surface area (Å²) in [6.07, 6.45) is 6.18. The highest BCUT2D eigenvalue weighted by atomic mass is 16.6. The summed E-state index contributed by atoms with van der Waals surface area (Å²) in [6, 6.07) is 0.897. The molecule has 1 aliphatic carbocycles. The van der Waals surface area contributed by atoms with Gasteiger partial charge in [0, 0.05) is 30.4 Å². The van der Waals surface area contributed by atoms with E-state index in [4.69, 9.17) is 9.47 Å². The second-order valence-electron chi connectivity index (χ2n) is 10.5. The van der Waals surface area contributed by atoms with E-state index in [9.17, 15) is 19.5 Å². The molecule has 10 heteroatoms. The lowest BCUT2D eigenvalue weighted by molar-refractivity contribution is -0.129. The van der Waals surface area contributed by atoms with Crippen molar-refractivity contribution in [3.8, 4) is 0 Å². The number of carbonyl (C=O) groups is 3. The van der Waals surface area contributed by atoms with Gasteiger partial charge in [0.2, 0.25) is 5.91 Å². The van der Waals surface area contributed by atoms with Gasteiger partial charge in [-0.2, -0.15) is 0 Å². The molecule has 0 bridgehead atoms. The highest BCUT2D eigenvalue weighted by Crippen LogP contribution is 2.26. The standard InChI is InChI=1S/C25H36N4O6/c1-24(2,3)35-23(32)29-14-17(22(31)34-6)18-15(11-12-26-20(18)29)13-27-19(25(4,5)33)21(30)28-16-9-7-8-10-16/h11-12,14,16,19,27,33H,7-10,13H2,1-6H3,(H,28,30). The number of hydrogen-bond donors (Lipinski definition) is 3. The number of nitrogens with one attached hydrogen (secondary N) is 2. The largest absolute Gasteiger partial charge is 0.465 e. The number of aromatic nitrogens is 2. The molecule has 3 rings (SSSR count). The maximum atomic E-state index is 13.0. The van der Waals surface area contributed by atoms with E-state index >= 15 is 0 Å². The molecule has 1 unspecified atom stereocenters. The molecule has 1 fully saturated rings. The van der Waals surface area contributed by atoms with Crippen LogP contribution in [0, 0.1) is 0 Å². The minimum atomic E-state index is -1.34. The Morgan fingerprint density at radius 2 is 1.86 bits per heavy atom. The Morgan fingerprint density at radius 1 is 1.20 bits per heavy atom.